The van der Waals surface area contributed by atoms with E-state index in [1.54, 1.807) is 4.90 Å². The highest BCUT2D eigenvalue weighted by Gasteiger charge is 2.24. The quantitative estimate of drug-likeness (QED) is 0.602. The van der Waals surface area contributed by atoms with Crippen molar-refractivity contribution in [2.75, 3.05) is 0 Å². The number of rotatable bonds is 7. The van der Waals surface area contributed by atoms with Crippen molar-refractivity contribution >= 4 is 17.6 Å². The van der Waals surface area contributed by atoms with Crippen molar-refractivity contribution in [1.29, 1.82) is 0 Å². The predicted octanol–water partition coefficient (Wildman–Crippen LogP) is 3.73. The summed E-state index contributed by atoms with van der Waals surface area (Å²) in [6.07, 6.45) is 0.694. The van der Waals surface area contributed by atoms with Gasteiger partial charge in [0.05, 0.1) is 10.5 Å². The van der Waals surface area contributed by atoms with Crippen LogP contribution in [0, 0.1) is 10.1 Å². The number of nitro groups is 1. The molecule has 26 heavy (non-hydrogen) atoms. The molecule has 0 bridgehead atoms. The van der Waals surface area contributed by atoms with E-state index in [1.165, 1.54) is 6.07 Å². The number of nitrogens with zero attached hydrogens (tertiary/aromatic N) is 2. The smallest absolute Gasteiger partial charge is 0.335 e. The first-order valence-corrected chi connectivity index (χ1v) is 8.21. The number of non-ortho nitro benzene ring substituents is 1. The van der Waals surface area contributed by atoms with E-state index in [1.807, 2.05) is 44.2 Å². The average molecular weight is 356 g/mol. The Kier molecular flexibility index (Phi) is 6.06. The number of hydrogen-bond donors (Lipinski definition) is 1. The molecule has 1 atom stereocenters. The third-order valence-electron chi connectivity index (χ3n) is 4.20. The van der Waals surface area contributed by atoms with E-state index in [2.05, 4.69) is 0 Å². The molecule has 1 unspecified atom stereocenters. The molecule has 0 aromatic heterocycles. The van der Waals surface area contributed by atoms with Crippen LogP contribution in [0.2, 0.25) is 0 Å². The molecule has 0 aliphatic rings. The zero-order chi connectivity index (χ0) is 19.3. The largest absolute Gasteiger partial charge is 0.478 e. The molecule has 0 aliphatic carbocycles. The van der Waals surface area contributed by atoms with Crippen LogP contribution in [0.25, 0.3) is 0 Å². The van der Waals surface area contributed by atoms with Gasteiger partial charge in [0.1, 0.15) is 0 Å². The number of benzene rings is 2. The van der Waals surface area contributed by atoms with Gasteiger partial charge in [-0.15, -0.1) is 0 Å². The number of carboxylic acid groups (broad SMARTS) is 1. The first-order valence-electron chi connectivity index (χ1n) is 8.21. The zero-order valence-corrected chi connectivity index (χ0v) is 14.6. The summed E-state index contributed by atoms with van der Waals surface area (Å²) in [5, 5.41) is 20.3. The van der Waals surface area contributed by atoms with Crippen LogP contribution in [0.1, 0.15) is 46.5 Å². The average Bonchev–Trinajstić information content (AvgIpc) is 2.65. The molecule has 0 heterocycles. The van der Waals surface area contributed by atoms with Crippen LogP contribution < -0.4 is 0 Å². The summed E-state index contributed by atoms with van der Waals surface area (Å²) >= 11 is 0. The zero-order valence-electron chi connectivity index (χ0n) is 14.6. The van der Waals surface area contributed by atoms with Crippen LogP contribution in [0.3, 0.4) is 0 Å². The lowest BCUT2D eigenvalue weighted by atomic mass is 10.1. The Morgan fingerprint density at radius 2 is 1.77 bits per heavy atom. The molecular formula is C19H20N2O5. The maximum absolute atomic E-state index is 13.0. The molecule has 7 nitrogen and oxygen atoms in total. The second-order valence-electron chi connectivity index (χ2n) is 6.01. The molecule has 1 N–H and O–H groups in total. The summed E-state index contributed by atoms with van der Waals surface area (Å²) in [5.74, 6) is -1.75. The summed E-state index contributed by atoms with van der Waals surface area (Å²) in [5.41, 5.74) is 0.210. The molecule has 0 saturated heterocycles. The molecule has 0 fully saturated rings. The van der Waals surface area contributed by atoms with Crippen molar-refractivity contribution in [1.82, 2.24) is 4.90 Å². The van der Waals surface area contributed by atoms with Crippen LogP contribution in [0.15, 0.2) is 48.5 Å². The SMILES string of the molecule is CCC(C)N(Cc1ccccc1)C(=O)c1cc(C(=O)O)cc([N+](=O)[O-])c1. The summed E-state index contributed by atoms with van der Waals surface area (Å²) in [7, 11) is 0. The Hall–Kier alpha value is -3.22. The monoisotopic (exact) mass is 356 g/mol. The minimum Gasteiger partial charge on any atom is -0.478 e. The topological polar surface area (TPSA) is 101 Å². The van der Waals surface area contributed by atoms with Crippen LogP contribution in [0.4, 0.5) is 5.69 Å². The van der Waals surface area contributed by atoms with E-state index < -0.39 is 22.5 Å². The highest BCUT2D eigenvalue weighted by atomic mass is 16.6. The molecule has 7 heteroatoms. The highest BCUT2D eigenvalue weighted by molar-refractivity contribution is 5.98. The lowest BCUT2D eigenvalue weighted by Gasteiger charge is -2.29. The Bertz CT molecular complexity index is 788. The van der Waals surface area contributed by atoms with Crippen molar-refractivity contribution in [2.45, 2.75) is 32.9 Å². The van der Waals surface area contributed by atoms with E-state index in [9.17, 15) is 24.8 Å². The number of amides is 1. The molecule has 0 saturated carbocycles. The van der Waals surface area contributed by atoms with Gasteiger partial charge in [0.2, 0.25) is 0 Å². The summed E-state index contributed by atoms with van der Waals surface area (Å²) in [6, 6.07) is 12.5. The summed E-state index contributed by atoms with van der Waals surface area (Å²) in [4.78, 5) is 36.2. The molecule has 0 radical (unpaired) electrons. The van der Waals surface area contributed by atoms with Crippen LogP contribution in [-0.4, -0.2) is 32.8 Å². The van der Waals surface area contributed by atoms with Gasteiger partial charge in [0, 0.05) is 30.3 Å². The van der Waals surface area contributed by atoms with Gasteiger partial charge in [-0.25, -0.2) is 4.79 Å². The molecule has 1 amide bonds. The molecule has 136 valence electrons. The minimum atomic E-state index is -1.32. The second-order valence-corrected chi connectivity index (χ2v) is 6.01. The number of carbonyl (C=O) groups is 2. The fraction of sp³-hybridized carbons (Fsp3) is 0.263. The van der Waals surface area contributed by atoms with Crippen LogP contribution in [0.5, 0.6) is 0 Å². The first kappa shape index (κ1) is 19.1. The lowest BCUT2D eigenvalue weighted by Crippen LogP contribution is -2.37. The lowest BCUT2D eigenvalue weighted by molar-refractivity contribution is -0.384. The standard InChI is InChI=1S/C19H20N2O5/c1-3-13(2)20(12-14-7-5-4-6-8-14)18(22)15-9-16(19(23)24)11-17(10-15)21(25)26/h4-11,13H,3,12H2,1-2H3,(H,23,24). The number of nitro benzene ring substituents is 1. The predicted molar refractivity (Wildman–Crippen MR) is 96.1 cm³/mol. The number of aromatic carboxylic acids is 1. The van der Waals surface area contributed by atoms with Crippen LogP contribution >= 0.6 is 0 Å². The van der Waals surface area contributed by atoms with E-state index in [0.29, 0.717) is 13.0 Å². The minimum absolute atomic E-state index is 0.00664. The molecule has 0 spiro atoms. The Morgan fingerprint density at radius 1 is 1.15 bits per heavy atom. The molecule has 0 aliphatic heterocycles. The Labute approximate surface area is 151 Å². The first-order chi connectivity index (χ1) is 12.3. The Morgan fingerprint density at radius 3 is 2.31 bits per heavy atom. The third kappa shape index (κ3) is 4.44. The summed E-state index contributed by atoms with van der Waals surface area (Å²) in [6.45, 7) is 4.15. The molecule has 2 aromatic rings. The van der Waals surface area contributed by atoms with Gasteiger partial charge in [-0.05, 0) is 25.0 Å². The van der Waals surface area contributed by atoms with Crippen molar-refractivity contribution in [3.63, 3.8) is 0 Å². The van der Waals surface area contributed by atoms with Gasteiger partial charge in [-0.2, -0.15) is 0 Å². The third-order valence-corrected chi connectivity index (χ3v) is 4.20. The maximum atomic E-state index is 13.0. The molecular weight excluding hydrogens is 336 g/mol. The van der Waals surface area contributed by atoms with Gasteiger partial charge in [0.25, 0.3) is 11.6 Å². The normalized spacial score (nSPS) is 11.6. The van der Waals surface area contributed by atoms with Crippen molar-refractivity contribution in [3.8, 4) is 0 Å². The fourth-order valence-electron chi connectivity index (χ4n) is 2.56. The van der Waals surface area contributed by atoms with Gasteiger partial charge in [0.15, 0.2) is 0 Å². The Balaban J connectivity index is 2.44. The van der Waals surface area contributed by atoms with Crippen molar-refractivity contribution in [3.05, 3.63) is 75.3 Å². The van der Waals surface area contributed by atoms with Gasteiger partial charge >= 0.3 is 5.97 Å². The summed E-state index contributed by atoms with van der Waals surface area (Å²) < 4.78 is 0. The van der Waals surface area contributed by atoms with E-state index >= 15 is 0 Å². The van der Waals surface area contributed by atoms with Gasteiger partial charge in [-0.1, -0.05) is 37.3 Å². The maximum Gasteiger partial charge on any atom is 0.335 e. The number of carbonyl (C=O) groups excluding carboxylic acids is 1. The van der Waals surface area contributed by atoms with Crippen molar-refractivity contribution in [2.24, 2.45) is 0 Å². The van der Waals surface area contributed by atoms with Gasteiger partial charge in [-0.3, -0.25) is 14.9 Å². The van der Waals surface area contributed by atoms with Crippen LogP contribution in [-0.2, 0) is 6.54 Å². The van der Waals surface area contributed by atoms with Crippen molar-refractivity contribution < 1.29 is 19.6 Å². The molecule has 2 rings (SSSR count). The fourth-order valence-corrected chi connectivity index (χ4v) is 2.56. The molecule has 2 aromatic carbocycles. The van der Waals surface area contributed by atoms with Gasteiger partial charge < -0.3 is 10.0 Å². The number of hydrogen-bond acceptors (Lipinski definition) is 4. The highest BCUT2D eigenvalue weighted by Crippen LogP contribution is 2.21. The number of carboxylic acids is 1. The second kappa shape index (κ2) is 8.24. The van der Waals surface area contributed by atoms with E-state index in [4.69, 9.17) is 0 Å². The van der Waals surface area contributed by atoms with E-state index in [0.717, 1.165) is 17.7 Å². The van der Waals surface area contributed by atoms with E-state index in [-0.39, 0.29) is 17.2 Å².